The van der Waals surface area contributed by atoms with Crippen LogP contribution in [0.5, 0.6) is 0 Å². The predicted octanol–water partition coefficient (Wildman–Crippen LogP) is 4.15. The number of piperidine rings is 1. The van der Waals surface area contributed by atoms with Gasteiger partial charge in [0, 0.05) is 43.2 Å². The van der Waals surface area contributed by atoms with E-state index in [1.807, 2.05) is 38.1 Å². The zero-order valence-corrected chi connectivity index (χ0v) is 20.0. The molecule has 0 spiro atoms. The molecule has 1 aliphatic heterocycles. The number of carbonyl (C=O) groups is 1. The third-order valence-electron chi connectivity index (χ3n) is 5.81. The summed E-state index contributed by atoms with van der Waals surface area (Å²) in [6.45, 7) is 8.36. The number of amides is 1. The first-order valence-electron chi connectivity index (χ1n) is 11.4. The van der Waals surface area contributed by atoms with E-state index >= 15 is 0 Å². The van der Waals surface area contributed by atoms with E-state index in [1.54, 1.807) is 31.2 Å². The minimum atomic E-state index is -3.55. The summed E-state index contributed by atoms with van der Waals surface area (Å²) in [5, 5.41) is 6.04. The first kappa shape index (κ1) is 24.1. The highest BCUT2D eigenvalue weighted by atomic mass is 32.2. The Bertz CT molecular complexity index is 998. The van der Waals surface area contributed by atoms with Crippen LogP contribution in [0.1, 0.15) is 40.0 Å². The van der Waals surface area contributed by atoms with Gasteiger partial charge in [-0.15, -0.1) is 0 Å². The summed E-state index contributed by atoms with van der Waals surface area (Å²) in [6, 6.07) is 14.0. The molecule has 0 bridgehead atoms. The number of nitrogens with zero attached hydrogens (tertiary/aromatic N) is 2. The standard InChI is InChI=1S/C24H34N4O3S/c1-4-28(5-2)32(30,31)23-11-9-10-21(18-23)25-19(3)24(29)26-20-12-14-22(15-13-20)27-16-7-6-8-17-27/h9-15,18-19,25H,4-8,16-17H2,1-3H3,(H,26,29). The highest BCUT2D eigenvalue weighted by Crippen LogP contribution is 2.23. The van der Waals surface area contributed by atoms with Crippen LogP contribution in [0.25, 0.3) is 0 Å². The highest BCUT2D eigenvalue weighted by molar-refractivity contribution is 7.89. The van der Waals surface area contributed by atoms with Crippen LogP contribution in [0.2, 0.25) is 0 Å². The third kappa shape index (κ3) is 5.81. The van der Waals surface area contributed by atoms with Crippen LogP contribution in [0, 0.1) is 0 Å². The van der Waals surface area contributed by atoms with Crippen molar-refractivity contribution in [3.8, 4) is 0 Å². The van der Waals surface area contributed by atoms with Crippen LogP contribution >= 0.6 is 0 Å². The number of rotatable bonds is 9. The van der Waals surface area contributed by atoms with Gasteiger partial charge in [0.1, 0.15) is 6.04 Å². The normalized spacial score (nSPS) is 15.4. The second-order valence-corrected chi connectivity index (χ2v) is 10.0. The molecule has 2 N–H and O–H groups in total. The van der Waals surface area contributed by atoms with E-state index in [1.165, 1.54) is 29.3 Å². The fourth-order valence-electron chi connectivity index (χ4n) is 3.93. The van der Waals surface area contributed by atoms with Gasteiger partial charge in [0.25, 0.3) is 0 Å². The predicted molar refractivity (Wildman–Crippen MR) is 131 cm³/mol. The van der Waals surface area contributed by atoms with E-state index in [4.69, 9.17) is 0 Å². The van der Waals surface area contributed by atoms with Gasteiger partial charge in [0.2, 0.25) is 15.9 Å². The first-order valence-corrected chi connectivity index (χ1v) is 12.8. The van der Waals surface area contributed by atoms with Crippen molar-refractivity contribution in [2.75, 3.05) is 41.7 Å². The molecule has 0 aliphatic carbocycles. The second kappa shape index (κ2) is 10.8. The van der Waals surface area contributed by atoms with Crippen molar-refractivity contribution in [1.29, 1.82) is 0 Å². The molecule has 32 heavy (non-hydrogen) atoms. The van der Waals surface area contributed by atoms with Crippen molar-refractivity contribution in [2.45, 2.75) is 51.0 Å². The zero-order valence-electron chi connectivity index (χ0n) is 19.2. The van der Waals surface area contributed by atoms with Crippen molar-refractivity contribution in [3.63, 3.8) is 0 Å². The molecule has 1 aliphatic rings. The van der Waals surface area contributed by atoms with E-state index in [0.29, 0.717) is 18.8 Å². The molecule has 3 rings (SSSR count). The smallest absolute Gasteiger partial charge is 0.246 e. The lowest BCUT2D eigenvalue weighted by Gasteiger charge is -2.28. The molecular weight excluding hydrogens is 424 g/mol. The lowest BCUT2D eigenvalue weighted by atomic mass is 10.1. The number of carbonyl (C=O) groups excluding carboxylic acids is 1. The largest absolute Gasteiger partial charge is 0.374 e. The minimum Gasteiger partial charge on any atom is -0.374 e. The Morgan fingerprint density at radius 1 is 1.00 bits per heavy atom. The van der Waals surface area contributed by atoms with Crippen LogP contribution in [0.15, 0.2) is 53.4 Å². The van der Waals surface area contributed by atoms with Gasteiger partial charge in [-0.25, -0.2) is 8.42 Å². The van der Waals surface area contributed by atoms with E-state index < -0.39 is 16.1 Å². The topological polar surface area (TPSA) is 81.8 Å². The number of sulfonamides is 1. The molecule has 2 aromatic rings. The summed E-state index contributed by atoms with van der Waals surface area (Å²) in [4.78, 5) is 15.3. The monoisotopic (exact) mass is 458 g/mol. The van der Waals surface area contributed by atoms with E-state index in [9.17, 15) is 13.2 Å². The van der Waals surface area contributed by atoms with Crippen molar-refractivity contribution in [1.82, 2.24) is 4.31 Å². The molecule has 0 saturated carbocycles. The third-order valence-corrected chi connectivity index (χ3v) is 7.86. The maximum atomic E-state index is 12.8. The maximum absolute atomic E-state index is 12.8. The van der Waals surface area contributed by atoms with Gasteiger partial charge < -0.3 is 15.5 Å². The zero-order chi connectivity index (χ0) is 23.1. The Morgan fingerprint density at radius 2 is 1.66 bits per heavy atom. The van der Waals surface area contributed by atoms with Crippen molar-refractivity contribution >= 4 is 33.0 Å². The van der Waals surface area contributed by atoms with Gasteiger partial charge in [-0.3, -0.25) is 4.79 Å². The van der Waals surface area contributed by atoms with Crippen LogP contribution in [-0.4, -0.2) is 50.9 Å². The SMILES string of the molecule is CCN(CC)S(=O)(=O)c1cccc(NC(C)C(=O)Nc2ccc(N3CCCCC3)cc2)c1. The van der Waals surface area contributed by atoms with Gasteiger partial charge in [-0.05, 0) is 68.7 Å². The average molecular weight is 459 g/mol. The summed E-state index contributed by atoms with van der Waals surface area (Å²) in [5.41, 5.74) is 2.50. The summed E-state index contributed by atoms with van der Waals surface area (Å²) < 4.78 is 26.9. The fraction of sp³-hybridized carbons (Fsp3) is 0.458. The number of anilines is 3. The Kier molecular flexibility index (Phi) is 8.15. The highest BCUT2D eigenvalue weighted by Gasteiger charge is 2.22. The molecule has 1 unspecified atom stereocenters. The number of hydrogen-bond donors (Lipinski definition) is 2. The van der Waals surface area contributed by atoms with E-state index in [-0.39, 0.29) is 10.8 Å². The van der Waals surface area contributed by atoms with Gasteiger partial charge in [0.15, 0.2) is 0 Å². The lowest BCUT2D eigenvalue weighted by molar-refractivity contribution is -0.116. The van der Waals surface area contributed by atoms with Crippen LogP contribution in [-0.2, 0) is 14.8 Å². The molecule has 1 amide bonds. The van der Waals surface area contributed by atoms with Gasteiger partial charge >= 0.3 is 0 Å². The molecule has 0 radical (unpaired) electrons. The molecular formula is C24H34N4O3S. The lowest BCUT2D eigenvalue weighted by Crippen LogP contribution is -2.32. The summed E-state index contributed by atoms with van der Waals surface area (Å²) in [5.74, 6) is -0.187. The molecule has 7 nitrogen and oxygen atoms in total. The fourth-order valence-corrected chi connectivity index (χ4v) is 5.44. The Labute approximate surface area is 191 Å². The summed E-state index contributed by atoms with van der Waals surface area (Å²) in [7, 11) is -3.55. The molecule has 2 aromatic carbocycles. The van der Waals surface area contributed by atoms with Crippen molar-refractivity contribution in [3.05, 3.63) is 48.5 Å². The maximum Gasteiger partial charge on any atom is 0.246 e. The number of hydrogen-bond acceptors (Lipinski definition) is 5. The molecule has 1 heterocycles. The Balaban J connectivity index is 1.62. The number of benzene rings is 2. The molecule has 1 atom stereocenters. The number of nitrogens with one attached hydrogen (secondary N) is 2. The van der Waals surface area contributed by atoms with Crippen LogP contribution < -0.4 is 15.5 Å². The first-order chi connectivity index (χ1) is 15.3. The van der Waals surface area contributed by atoms with Gasteiger partial charge in [0.05, 0.1) is 4.90 Å². The Morgan fingerprint density at radius 3 is 2.28 bits per heavy atom. The van der Waals surface area contributed by atoms with Crippen molar-refractivity contribution < 1.29 is 13.2 Å². The second-order valence-electron chi connectivity index (χ2n) is 8.07. The Hall–Kier alpha value is -2.58. The quantitative estimate of drug-likeness (QED) is 0.590. The molecule has 8 heteroatoms. The molecule has 174 valence electrons. The molecule has 1 fully saturated rings. The summed E-state index contributed by atoms with van der Waals surface area (Å²) in [6.07, 6.45) is 3.73. The summed E-state index contributed by atoms with van der Waals surface area (Å²) >= 11 is 0. The average Bonchev–Trinajstić information content (AvgIpc) is 2.81. The van der Waals surface area contributed by atoms with Gasteiger partial charge in [-0.2, -0.15) is 4.31 Å². The minimum absolute atomic E-state index is 0.187. The van der Waals surface area contributed by atoms with Crippen LogP contribution in [0.4, 0.5) is 17.1 Å². The van der Waals surface area contributed by atoms with E-state index in [2.05, 4.69) is 15.5 Å². The molecule has 0 aromatic heterocycles. The van der Waals surface area contributed by atoms with Crippen LogP contribution in [0.3, 0.4) is 0 Å². The molecule has 1 saturated heterocycles. The van der Waals surface area contributed by atoms with Crippen molar-refractivity contribution in [2.24, 2.45) is 0 Å². The van der Waals surface area contributed by atoms with Gasteiger partial charge in [-0.1, -0.05) is 19.9 Å². The van der Waals surface area contributed by atoms with E-state index in [0.717, 1.165) is 18.8 Å².